The highest BCUT2D eigenvalue weighted by Gasteiger charge is 2.21. The van der Waals surface area contributed by atoms with E-state index in [1.54, 1.807) is 14.2 Å². The van der Waals surface area contributed by atoms with E-state index in [9.17, 15) is 0 Å². The fourth-order valence-corrected chi connectivity index (χ4v) is 4.14. The molecule has 0 aliphatic carbocycles. The van der Waals surface area contributed by atoms with Gasteiger partial charge in [0, 0.05) is 29.3 Å². The molecule has 0 aromatic heterocycles. The van der Waals surface area contributed by atoms with Crippen LogP contribution in [-0.2, 0) is 6.54 Å². The Morgan fingerprint density at radius 1 is 0.788 bits per heavy atom. The molecule has 0 saturated heterocycles. The number of benzene rings is 3. The minimum absolute atomic E-state index is 0.635. The van der Waals surface area contributed by atoms with E-state index in [0.29, 0.717) is 13.2 Å². The fraction of sp³-hybridized carbons (Fsp3) is 0.185. The lowest BCUT2D eigenvalue weighted by molar-refractivity contribution is 0.340. The van der Waals surface area contributed by atoms with Gasteiger partial charge in [0.2, 0.25) is 0 Å². The molecule has 0 radical (unpaired) electrons. The molecule has 3 aromatic rings. The van der Waals surface area contributed by atoms with Crippen molar-refractivity contribution in [3.8, 4) is 39.8 Å². The third-order valence-electron chi connectivity index (χ3n) is 5.74. The van der Waals surface area contributed by atoms with Crippen LogP contribution in [0.4, 0.5) is 0 Å². The summed E-state index contributed by atoms with van der Waals surface area (Å²) in [7, 11) is 3.36. The van der Waals surface area contributed by atoms with Crippen LogP contribution in [0.5, 0.6) is 17.2 Å². The number of hydrogen-bond acceptors (Lipinski definition) is 5. The Bertz CT molecular complexity index is 1380. The van der Waals surface area contributed by atoms with Crippen LogP contribution in [0.2, 0.25) is 0 Å². The van der Waals surface area contributed by atoms with Crippen molar-refractivity contribution in [1.82, 2.24) is 14.8 Å². The summed E-state index contributed by atoms with van der Waals surface area (Å²) in [5, 5.41) is 10.1. The predicted molar refractivity (Wildman–Crippen MR) is 129 cm³/mol. The first-order valence-corrected chi connectivity index (χ1v) is 10.9. The molecule has 0 amide bonds. The monoisotopic (exact) mass is 439 g/mol. The zero-order chi connectivity index (χ0) is 22.8. The van der Waals surface area contributed by atoms with E-state index in [0.717, 1.165) is 56.2 Å². The highest BCUT2D eigenvalue weighted by atomic mass is 16.5. The second-order valence-corrected chi connectivity index (χ2v) is 7.76. The molecular weight excluding hydrogens is 414 g/mol. The van der Waals surface area contributed by atoms with Gasteiger partial charge in [0.25, 0.3) is 0 Å². The first-order chi connectivity index (χ1) is 16.2. The summed E-state index contributed by atoms with van der Waals surface area (Å²) in [6.45, 7) is 3.30. The summed E-state index contributed by atoms with van der Waals surface area (Å²) in [4.78, 5) is 0. The van der Waals surface area contributed by atoms with E-state index in [-0.39, 0.29) is 0 Å². The second-order valence-electron chi connectivity index (χ2n) is 7.76. The minimum atomic E-state index is 0.635. The summed E-state index contributed by atoms with van der Waals surface area (Å²) >= 11 is 0. The zero-order valence-corrected chi connectivity index (χ0v) is 18.9. The number of hydrogen-bond donors (Lipinski definition) is 0. The van der Waals surface area contributed by atoms with Crippen LogP contribution in [0.15, 0.2) is 72.9 Å². The summed E-state index contributed by atoms with van der Waals surface area (Å²) in [5.41, 5.74) is 5.89. The molecule has 0 bridgehead atoms. The van der Waals surface area contributed by atoms with Crippen molar-refractivity contribution in [2.45, 2.75) is 13.5 Å². The largest absolute Gasteiger partial charge is 0.497 e. The summed E-state index contributed by atoms with van der Waals surface area (Å²) in [6.07, 6.45) is 2.13. The van der Waals surface area contributed by atoms with E-state index in [1.165, 1.54) is 0 Å². The molecular formula is C27H25N3O3. The van der Waals surface area contributed by atoms with Crippen LogP contribution in [0.3, 0.4) is 0 Å². The van der Waals surface area contributed by atoms with Crippen molar-refractivity contribution >= 4 is 10.9 Å². The van der Waals surface area contributed by atoms with Gasteiger partial charge in [0.05, 0.1) is 26.3 Å². The number of aromatic nitrogens is 3. The number of fused-ring (bicyclic) bond motifs is 3. The van der Waals surface area contributed by atoms with Crippen LogP contribution in [0, 0.1) is 0 Å². The lowest BCUT2D eigenvalue weighted by Crippen LogP contribution is -2.04. The summed E-state index contributed by atoms with van der Waals surface area (Å²) < 4.78 is 18.7. The number of rotatable bonds is 7. The molecule has 166 valence electrons. The fourth-order valence-electron chi connectivity index (χ4n) is 4.14. The Hall–Kier alpha value is -4.06. The van der Waals surface area contributed by atoms with Gasteiger partial charge in [-0.15, -0.1) is 10.2 Å². The summed E-state index contributed by atoms with van der Waals surface area (Å²) in [6, 6.07) is 22.2. The molecule has 0 atom stereocenters. The van der Waals surface area contributed by atoms with Gasteiger partial charge in [-0.05, 0) is 67.1 Å². The van der Waals surface area contributed by atoms with Crippen LogP contribution in [0.1, 0.15) is 12.5 Å². The topological polar surface area (TPSA) is 58.4 Å². The maximum atomic E-state index is 5.59. The maximum absolute atomic E-state index is 5.59. The van der Waals surface area contributed by atoms with Crippen LogP contribution in [0.25, 0.3) is 33.4 Å². The minimum Gasteiger partial charge on any atom is -0.497 e. The quantitative estimate of drug-likeness (QED) is 0.327. The molecule has 33 heavy (non-hydrogen) atoms. The Balaban J connectivity index is 1.66. The highest BCUT2D eigenvalue weighted by molar-refractivity contribution is 5.98. The molecule has 0 saturated carbocycles. The Kier molecular flexibility index (Phi) is 5.57. The van der Waals surface area contributed by atoms with Gasteiger partial charge in [-0.2, -0.15) is 0 Å². The molecule has 0 spiro atoms. The normalized spacial score (nSPS) is 11.1. The zero-order valence-electron chi connectivity index (χ0n) is 18.9. The first kappa shape index (κ1) is 20.8. The molecule has 2 heterocycles. The Morgan fingerprint density at radius 2 is 1.52 bits per heavy atom. The smallest absolute Gasteiger partial charge is 0.119 e. The molecule has 2 aliphatic rings. The average Bonchev–Trinajstić information content (AvgIpc) is 3.28. The van der Waals surface area contributed by atoms with Crippen molar-refractivity contribution in [2.24, 2.45) is 0 Å². The van der Waals surface area contributed by atoms with E-state index in [4.69, 9.17) is 14.2 Å². The van der Waals surface area contributed by atoms with Crippen LogP contribution >= 0.6 is 0 Å². The SMILES string of the molecule is CCOc1ccc(-c2nnc3c4cc(OC)ccc4n(Cc4cccc(OC)c4)cc2-3)cc1. The molecule has 0 unspecified atom stereocenters. The van der Waals surface area contributed by atoms with Crippen molar-refractivity contribution < 1.29 is 14.2 Å². The lowest BCUT2D eigenvalue weighted by atomic mass is 10.0. The first-order valence-electron chi connectivity index (χ1n) is 10.9. The second kappa shape index (κ2) is 8.82. The van der Waals surface area contributed by atoms with Gasteiger partial charge in [0.1, 0.15) is 28.6 Å². The van der Waals surface area contributed by atoms with Gasteiger partial charge in [-0.1, -0.05) is 12.1 Å². The van der Waals surface area contributed by atoms with E-state index in [1.807, 2.05) is 55.5 Å². The van der Waals surface area contributed by atoms with E-state index < -0.39 is 0 Å². The molecule has 0 N–H and O–H groups in total. The van der Waals surface area contributed by atoms with Crippen molar-refractivity contribution in [2.75, 3.05) is 20.8 Å². The average molecular weight is 440 g/mol. The third kappa shape index (κ3) is 3.96. The number of ether oxygens (including phenoxy) is 3. The summed E-state index contributed by atoms with van der Waals surface area (Å²) in [5.74, 6) is 2.47. The van der Waals surface area contributed by atoms with Gasteiger partial charge < -0.3 is 18.8 Å². The number of methoxy groups -OCH3 is 2. The van der Waals surface area contributed by atoms with Gasteiger partial charge >= 0.3 is 0 Å². The number of nitrogens with zero attached hydrogens (tertiary/aromatic N) is 3. The highest BCUT2D eigenvalue weighted by Crippen LogP contribution is 2.38. The molecule has 3 aromatic carbocycles. The molecule has 2 aliphatic heterocycles. The molecule has 5 rings (SSSR count). The standard InChI is InChI=1S/C27H25N3O3/c1-4-33-20-10-8-19(9-11-20)26-24-17-30(16-18-6-5-7-21(14-18)31-2)25-13-12-22(32-3)15-23(25)27(24)29-28-26/h5-15,17H,4,16H2,1-3H3. The Labute approximate surface area is 192 Å². The molecule has 6 heteroatoms. The van der Waals surface area contributed by atoms with Crippen molar-refractivity contribution in [1.29, 1.82) is 0 Å². The Morgan fingerprint density at radius 3 is 2.27 bits per heavy atom. The van der Waals surface area contributed by atoms with Gasteiger partial charge in [-0.3, -0.25) is 0 Å². The third-order valence-corrected chi connectivity index (χ3v) is 5.74. The van der Waals surface area contributed by atoms with Gasteiger partial charge in [0.15, 0.2) is 0 Å². The maximum Gasteiger partial charge on any atom is 0.119 e. The lowest BCUT2D eigenvalue weighted by Gasteiger charge is -2.16. The number of pyridine rings is 1. The van der Waals surface area contributed by atoms with Crippen LogP contribution < -0.4 is 14.2 Å². The van der Waals surface area contributed by atoms with Gasteiger partial charge in [-0.25, -0.2) is 0 Å². The van der Waals surface area contributed by atoms with E-state index >= 15 is 0 Å². The van der Waals surface area contributed by atoms with Crippen molar-refractivity contribution in [3.63, 3.8) is 0 Å². The predicted octanol–water partition coefficient (Wildman–Crippen LogP) is 5.67. The molecule has 6 nitrogen and oxygen atoms in total. The van der Waals surface area contributed by atoms with Crippen molar-refractivity contribution in [3.05, 3.63) is 78.5 Å². The van der Waals surface area contributed by atoms with Crippen LogP contribution in [-0.4, -0.2) is 35.6 Å². The molecule has 0 fully saturated rings. The van der Waals surface area contributed by atoms with E-state index in [2.05, 4.69) is 39.2 Å².